The number of benzene rings is 1. The lowest BCUT2D eigenvalue weighted by atomic mass is 10.0. The minimum absolute atomic E-state index is 0.0469. The molecule has 0 bridgehead atoms. The van der Waals surface area contributed by atoms with E-state index in [1.807, 2.05) is 42.2 Å². The van der Waals surface area contributed by atoms with Gasteiger partial charge >= 0.3 is 6.03 Å². The molecule has 1 aromatic rings. The van der Waals surface area contributed by atoms with Gasteiger partial charge in [0.05, 0.1) is 6.54 Å². The molecule has 1 saturated heterocycles. The number of carbonyl (C=O) groups is 2. The van der Waals surface area contributed by atoms with Crippen LogP contribution in [-0.2, 0) is 11.3 Å². The van der Waals surface area contributed by atoms with Crippen LogP contribution in [0.15, 0.2) is 30.3 Å². The number of piperidine rings is 1. The number of hydrogen-bond donors (Lipinski definition) is 1. The summed E-state index contributed by atoms with van der Waals surface area (Å²) in [5.74, 6) is -0.0469. The van der Waals surface area contributed by atoms with Gasteiger partial charge in [-0.1, -0.05) is 30.3 Å². The highest BCUT2D eigenvalue weighted by Crippen LogP contribution is 2.16. The molecular weight excluding hydrogens is 290 g/mol. The summed E-state index contributed by atoms with van der Waals surface area (Å²) in [5.41, 5.74) is 1.10. The zero-order valence-electron chi connectivity index (χ0n) is 14.1. The number of nitrogens with one attached hydrogen (secondary N) is 1. The molecule has 5 nitrogen and oxygen atoms in total. The van der Waals surface area contributed by atoms with Gasteiger partial charge in [0.1, 0.15) is 0 Å². The van der Waals surface area contributed by atoms with Crippen LogP contribution < -0.4 is 5.32 Å². The van der Waals surface area contributed by atoms with Crippen molar-refractivity contribution in [3.63, 3.8) is 0 Å². The Bertz CT molecular complexity index is 518. The van der Waals surface area contributed by atoms with Gasteiger partial charge in [0, 0.05) is 25.7 Å². The number of hydrogen-bond acceptors (Lipinski definition) is 2. The maximum Gasteiger partial charge on any atom is 0.318 e. The Morgan fingerprint density at radius 2 is 2.00 bits per heavy atom. The molecule has 1 unspecified atom stereocenters. The fourth-order valence-corrected chi connectivity index (χ4v) is 2.94. The molecule has 3 amide bonds. The maximum absolute atomic E-state index is 12.3. The van der Waals surface area contributed by atoms with Crippen molar-refractivity contribution in [2.75, 3.05) is 19.6 Å². The van der Waals surface area contributed by atoms with Crippen LogP contribution in [0, 0.1) is 0 Å². The van der Waals surface area contributed by atoms with Gasteiger partial charge < -0.3 is 15.1 Å². The third-order valence-corrected chi connectivity index (χ3v) is 4.41. The van der Waals surface area contributed by atoms with Gasteiger partial charge in [-0.25, -0.2) is 4.79 Å². The predicted molar refractivity (Wildman–Crippen MR) is 91.0 cm³/mol. The van der Waals surface area contributed by atoms with Crippen LogP contribution in [-0.4, -0.2) is 47.4 Å². The van der Waals surface area contributed by atoms with E-state index in [0.29, 0.717) is 13.1 Å². The molecule has 0 spiro atoms. The Morgan fingerprint density at radius 1 is 1.26 bits per heavy atom. The molecule has 1 heterocycles. The zero-order chi connectivity index (χ0) is 16.7. The molecule has 1 aromatic carbocycles. The average Bonchev–Trinajstić information content (AvgIpc) is 2.58. The van der Waals surface area contributed by atoms with Crippen molar-refractivity contribution in [1.29, 1.82) is 0 Å². The summed E-state index contributed by atoms with van der Waals surface area (Å²) in [6.45, 7) is 6.06. The fourth-order valence-electron chi connectivity index (χ4n) is 2.94. The normalized spacial score (nSPS) is 17.7. The van der Waals surface area contributed by atoms with Gasteiger partial charge in [-0.2, -0.15) is 0 Å². The van der Waals surface area contributed by atoms with E-state index in [1.165, 1.54) is 6.42 Å². The molecule has 23 heavy (non-hydrogen) atoms. The van der Waals surface area contributed by atoms with Crippen molar-refractivity contribution in [1.82, 2.24) is 15.1 Å². The van der Waals surface area contributed by atoms with Crippen molar-refractivity contribution in [2.24, 2.45) is 0 Å². The first kappa shape index (κ1) is 17.3. The monoisotopic (exact) mass is 317 g/mol. The minimum atomic E-state index is -0.124. The summed E-state index contributed by atoms with van der Waals surface area (Å²) in [7, 11) is 0. The second-order valence-corrected chi connectivity index (χ2v) is 6.09. The van der Waals surface area contributed by atoms with Crippen molar-refractivity contribution in [3.05, 3.63) is 35.9 Å². The van der Waals surface area contributed by atoms with Crippen molar-refractivity contribution in [3.8, 4) is 0 Å². The van der Waals surface area contributed by atoms with Gasteiger partial charge in [0.15, 0.2) is 0 Å². The van der Waals surface area contributed by atoms with Crippen LogP contribution in [0.3, 0.4) is 0 Å². The van der Waals surface area contributed by atoms with Gasteiger partial charge in [0.25, 0.3) is 0 Å². The Balaban J connectivity index is 1.83. The number of carbonyl (C=O) groups excluding carboxylic acids is 2. The molecule has 1 aliphatic heterocycles. The van der Waals surface area contributed by atoms with Gasteiger partial charge in [-0.05, 0) is 38.7 Å². The van der Waals surface area contributed by atoms with Gasteiger partial charge in [-0.15, -0.1) is 0 Å². The number of nitrogens with zero attached hydrogens (tertiary/aromatic N) is 2. The third kappa shape index (κ3) is 4.98. The van der Waals surface area contributed by atoms with Gasteiger partial charge in [0.2, 0.25) is 5.91 Å². The molecule has 2 rings (SSSR count). The van der Waals surface area contributed by atoms with E-state index in [4.69, 9.17) is 0 Å². The first-order valence-electron chi connectivity index (χ1n) is 8.48. The molecule has 0 saturated carbocycles. The number of urea groups is 1. The standard InChI is InChI=1S/C18H27N3O2/c1-3-20(14-16-10-5-4-6-11-16)17(22)13-19-18(23)21-12-8-7-9-15(21)2/h4-6,10-11,15H,3,7-9,12-14H2,1-2H3,(H,19,23). The summed E-state index contributed by atoms with van der Waals surface area (Å²) in [6.07, 6.45) is 3.25. The highest BCUT2D eigenvalue weighted by molar-refractivity contribution is 5.84. The largest absolute Gasteiger partial charge is 0.337 e. The highest BCUT2D eigenvalue weighted by atomic mass is 16.2. The lowest BCUT2D eigenvalue weighted by Crippen LogP contribution is -2.50. The summed E-state index contributed by atoms with van der Waals surface area (Å²) in [6, 6.07) is 10.0. The van der Waals surface area contributed by atoms with Crippen LogP contribution in [0.5, 0.6) is 0 Å². The SMILES string of the molecule is CCN(Cc1ccccc1)C(=O)CNC(=O)N1CCCCC1C. The van der Waals surface area contributed by atoms with E-state index >= 15 is 0 Å². The Labute approximate surface area is 138 Å². The van der Waals surface area contributed by atoms with E-state index in [0.717, 1.165) is 24.9 Å². The zero-order valence-corrected chi connectivity index (χ0v) is 14.1. The first-order chi connectivity index (χ1) is 11.1. The summed E-state index contributed by atoms with van der Waals surface area (Å²) < 4.78 is 0. The van der Waals surface area contributed by atoms with Crippen LogP contribution in [0.1, 0.15) is 38.7 Å². The van der Waals surface area contributed by atoms with E-state index in [-0.39, 0.29) is 24.5 Å². The number of rotatable bonds is 5. The Kier molecular flexibility index (Phi) is 6.44. The summed E-state index contributed by atoms with van der Waals surface area (Å²) in [4.78, 5) is 28.2. The van der Waals surface area contributed by atoms with Crippen LogP contribution >= 0.6 is 0 Å². The molecule has 1 N–H and O–H groups in total. The molecular formula is C18H27N3O2. The molecule has 0 aliphatic carbocycles. The van der Waals surface area contributed by atoms with E-state index in [9.17, 15) is 9.59 Å². The van der Waals surface area contributed by atoms with Crippen molar-refractivity contribution < 1.29 is 9.59 Å². The molecule has 1 atom stereocenters. The molecule has 5 heteroatoms. The summed E-state index contributed by atoms with van der Waals surface area (Å²) >= 11 is 0. The van der Waals surface area contributed by atoms with Crippen LogP contribution in [0.25, 0.3) is 0 Å². The average molecular weight is 317 g/mol. The minimum Gasteiger partial charge on any atom is -0.337 e. The second-order valence-electron chi connectivity index (χ2n) is 6.09. The van der Waals surface area contributed by atoms with E-state index in [1.54, 1.807) is 4.90 Å². The fraction of sp³-hybridized carbons (Fsp3) is 0.556. The van der Waals surface area contributed by atoms with Crippen molar-refractivity contribution >= 4 is 11.9 Å². The predicted octanol–water partition coefficient (Wildman–Crippen LogP) is 2.62. The lowest BCUT2D eigenvalue weighted by molar-refractivity contribution is -0.130. The van der Waals surface area contributed by atoms with E-state index < -0.39 is 0 Å². The van der Waals surface area contributed by atoms with Crippen LogP contribution in [0.4, 0.5) is 4.79 Å². The second kappa shape index (κ2) is 8.56. The lowest BCUT2D eigenvalue weighted by Gasteiger charge is -2.33. The van der Waals surface area contributed by atoms with Crippen LogP contribution in [0.2, 0.25) is 0 Å². The molecule has 1 aliphatic rings. The number of likely N-dealkylation sites (N-methyl/N-ethyl adjacent to an activating group) is 1. The topological polar surface area (TPSA) is 52.7 Å². The Morgan fingerprint density at radius 3 is 2.65 bits per heavy atom. The molecule has 1 fully saturated rings. The van der Waals surface area contributed by atoms with Gasteiger partial charge in [-0.3, -0.25) is 4.79 Å². The number of amides is 3. The Hall–Kier alpha value is -2.04. The maximum atomic E-state index is 12.3. The molecule has 0 radical (unpaired) electrons. The molecule has 0 aromatic heterocycles. The third-order valence-electron chi connectivity index (χ3n) is 4.41. The van der Waals surface area contributed by atoms with Crippen molar-refractivity contribution in [2.45, 2.75) is 45.7 Å². The number of likely N-dealkylation sites (tertiary alicyclic amines) is 1. The van der Waals surface area contributed by atoms with E-state index in [2.05, 4.69) is 12.2 Å². The molecule has 126 valence electrons. The smallest absolute Gasteiger partial charge is 0.318 e. The first-order valence-corrected chi connectivity index (χ1v) is 8.48. The summed E-state index contributed by atoms with van der Waals surface area (Å²) in [5, 5.41) is 2.78. The highest BCUT2D eigenvalue weighted by Gasteiger charge is 2.23. The quantitative estimate of drug-likeness (QED) is 0.907.